The third kappa shape index (κ3) is 7.81. The monoisotopic (exact) mass is 589 g/mol. The number of amides is 3. The van der Waals surface area contributed by atoms with Gasteiger partial charge in [0, 0.05) is 37.7 Å². The summed E-state index contributed by atoms with van der Waals surface area (Å²) in [6.07, 6.45) is 2.90. The molecule has 2 atom stereocenters. The molecule has 0 radical (unpaired) electrons. The number of nitrogens with two attached hydrogens (primary N) is 1. The van der Waals surface area contributed by atoms with Gasteiger partial charge in [0.2, 0.25) is 27.7 Å². The van der Waals surface area contributed by atoms with Crippen molar-refractivity contribution in [1.29, 1.82) is 0 Å². The molecular formula is C28H36ClN5O5S. The van der Waals surface area contributed by atoms with Gasteiger partial charge in [-0.3, -0.25) is 14.4 Å². The fourth-order valence-corrected chi connectivity index (χ4v) is 6.59. The number of sulfonamides is 1. The van der Waals surface area contributed by atoms with E-state index in [9.17, 15) is 22.8 Å². The van der Waals surface area contributed by atoms with Gasteiger partial charge in [0.25, 0.3) is 0 Å². The Morgan fingerprint density at radius 2 is 1.73 bits per heavy atom. The molecule has 216 valence electrons. The van der Waals surface area contributed by atoms with E-state index < -0.39 is 28.0 Å². The van der Waals surface area contributed by atoms with E-state index in [1.807, 2.05) is 0 Å². The molecule has 2 aliphatic rings. The van der Waals surface area contributed by atoms with Gasteiger partial charge in [-0.1, -0.05) is 48.0 Å². The van der Waals surface area contributed by atoms with Crippen LogP contribution in [0.4, 0.5) is 0 Å². The van der Waals surface area contributed by atoms with Crippen molar-refractivity contribution >= 4 is 39.3 Å². The SMILES string of the molecule is NCc1ccc(Cl)cc1CNC(=O)[C@@H]1CCN1C(=O)C(CC(=O)N1CCCCC1)NS(=O)(=O)Cc1ccccc1. The summed E-state index contributed by atoms with van der Waals surface area (Å²) < 4.78 is 28.6. The van der Waals surface area contributed by atoms with Gasteiger partial charge in [-0.15, -0.1) is 0 Å². The quantitative estimate of drug-likeness (QED) is 0.365. The molecule has 12 heteroatoms. The fraction of sp³-hybridized carbons (Fsp3) is 0.464. The standard InChI is InChI=1S/C28H36ClN5O5S/c29-23-10-9-21(17-30)22(15-23)18-31-27(36)25-11-14-34(25)28(37)24(16-26(35)33-12-5-2-6-13-33)32-40(38,39)19-20-7-3-1-4-8-20/h1,3-4,7-10,15,24-25,32H,2,5-6,11-14,16-19,30H2,(H,31,36)/t24?,25-/m0/s1. The molecule has 4 N–H and O–H groups in total. The van der Waals surface area contributed by atoms with Crippen molar-refractivity contribution in [2.45, 2.75) is 63.0 Å². The van der Waals surface area contributed by atoms with Gasteiger partial charge in [-0.25, -0.2) is 13.1 Å². The highest BCUT2D eigenvalue weighted by Gasteiger charge is 2.42. The molecule has 2 aromatic carbocycles. The highest BCUT2D eigenvalue weighted by Crippen LogP contribution is 2.22. The number of carbonyl (C=O) groups is 3. The number of carbonyl (C=O) groups excluding carboxylic acids is 3. The van der Waals surface area contributed by atoms with Gasteiger partial charge in [0.1, 0.15) is 12.1 Å². The molecule has 0 aromatic heterocycles. The number of rotatable bonds is 11. The largest absolute Gasteiger partial charge is 0.350 e. The average Bonchev–Trinajstić information content (AvgIpc) is 2.91. The van der Waals surface area contributed by atoms with E-state index in [1.165, 1.54) is 4.90 Å². The Labute approximate surface area is 240 Å². The van der Waals surface area contributed by atoms with Crippen LogP contribution in [0, 0.1) is 0 Å². The molecule has 0 saturated carbocycles. The Kier molecular flexibility index (Phi) is 10.2. The maximum Gasteiger partial charge on any atom is 0.243 e. The number of hydrogen-bond donors (Lipinski definition) is 3. The van der Waals surface area contributed by atoms with Crippen molar-refractivity contribution < 1.29 is 22.8 Å². The van der Waals surface area contributed by atoms with E-state index in [0.29, 0.717) is 30.1 Å². The molecule has 3 amide bonds. The molecule has 0 aliphatic carbocycles. The Bertz CT molecular complexity index is 1320. The van der Waals surface area contributed by atoms with Crippen molar-refractivity contribution in [2.24, 2.45) is 5.73 Å². The lowest BCUT2D eigenvalue weighted by Gasteiger charge is -2.41. The van der Waals surface area contributed by atoms with Crippen LogP contribution in [0.25, 0.3) is 0 Å². The zero-order chi connectivity index (χ0) is 28.7. The molecule has 2 saturated heterocycles. The smallest absolute Gasteiger partial charge is 0.243 e. The Morgan fingerprint density at radius 1 is 1.00 bits per heavy atom. The third-order valence-corrected chi connectivity index (χ3v) is 8.95. The van der Waals surface area contributed by atoms with Crippen LogP contribution in [-0.2, 0) is 43.2 Å². The van der Waals surface area contributed by atoms with Gasteiger partial charge in [-0.05, 0) is 54.5 Å². The number of benzene rings is 2. The number of halogens is 1. The molecule has 2 aliphatic heterocycles. The van der Waals surface area contributed by atoms with Crippen LogP contribution in [0.5, 0.6) is 0 Å². The van der Waals surface area contributed by atoms with E-state index >= 15 is 0 Å². The summed E-state index contributed by atoms with van der Waals surface area (Å²) in [5.41, 5.74) is 7.97. The summed E-state index contributed by atoms with van der Waals surface area (Å²) >= 11 is 6.10. The molecule has 0 spiro atoms. The lowest BCUT2D eigenvalue weighted by atomic mass is 9.99. The molecule has 4 rings (SSSR count). The highest BCUT2D eigenvalue weighted by atomic mass is 35.5. The van der Waals surface area contributed by atoms with E-state index in [-0.39, 0.29) is 43.6 Å². The van der Waals surface area contributed by atoms with Crippen LogP contribution in [0.3, 0.4) is 0 Å². The van der Waals surface area contributed by atoms with Crippen LogP contribution in [0.1, 0.15) is 48.8 Å². The molecule has 40 heavy (non-hydrogen) atoms. The maximum absolute atomic E-state index is 13.6. The predicted octanol–water partition coefficient (Wildman–Crippen LogP) is 1.91. The molecule has 2 aromatic rings. The average molecular weight is 590 g/mol. The zero-order valence-corrected chi connectivity index (χ0v) is 23.9. The first-order valence-electron chi connectivity index (χ1n) is 13.5. The van der Waals surface area contributed by atoms with Crippen LogP contribution in [0.15, 0.2) is 48.5 Å². The fourth-order valence-electron chi connectivity index (χ4n) is 5.06. The van der Waals surface area contributed by atoms with Crippen LogP contribution < -0.4 is 15.8 Å². The van der Waals surface area contributed by atoms with Crippen LogP contribution >= 0.6 is 11.6 Å². The van der Waals surface area contributed by atoms with Gasteiger partial charge in [0.05, 0.1) is 12.2 Å². The van der Waals surface area contributed by atoms with E-state index in [2.05, 4.69) is 10.0 Å². The van der Waals surface area contributed by atoms with Gasteiger partial charge >= 0.3 is 0 Å². The first kappa shape index (κ1) is 30.0. The van der Waals surface area contributed by atoms with Crippen LogP contribution in [-0.4, -0.2) is 67.7 Å². The number of likely N-dealkylation sites (tertiary alicyclic amines) is 2. The van der Waals surface area contributed by atoms with E-state index in [0.717, 1.165) is 30.4 Å². The minimum atomic E-state index is -3.96. The number of hydrogen-bond acceptors (Lipinski definition) is 6. The zero-order valence-electron chi connectivity index (χ0n) is 22.4. The minimum absolute atomic E-state index is 0.186. The second kappa shape index (κ2) is 13.6. The third-order valence-electron chi connectivity index (χ3n) is 7.35. The second-order valence-electron chi connectivity index (χ2n) is 10.2. The number of piperidine rings is 1. The summed E-state index contributed by atoms with van der Waals surface area (Å²) in [5, 5.41) is 3.36. The summed E-state index contributed by atoms with van der Waals surface area (Å²) in [4.78, 5) is 42.7. The summed E-state index contributed by atoms with van der Waals surface area (Å²) in [5.74, 6) is -1.56. The first-order valence-corrected chi connectivity index (χ1v) is 15.6. The van der Waals surface area contributed by atoms with Crippen molar-refractivity contribution in [3.8, 4) is 0 Å². The summed E-state index contributed by atoms with van der Waals surface area (Å²) in [6, 6.07) is 11.8. The van der Waals surface area contributed by atoms with Crippen molar-refractivity contribution in [2.75, 3.05) is 19.6 Å². The van der Waals surface area contributed by atoms with Gasteiger partial charge < -0.3 is 20.9 Å². The minimum Gasteiger partial charge on any atom is -0.350 e. The molecule has 10 nitrogen and oxygen atoms in total. The van der Waals surface area contributed by atoms with Crippen molar-refractivity contribution in [3.63, 3.8) is 0 Å². The molecule has 1 unspecified atom stereocenters. The second-order valence-corrected chi connectivity index (χ2v) is 12.4. The summed E-state index contributed by atoms with van der Waals surface area (Å²) in [6.45, 7) is 1.92. The molecule has 2 heterocycles. The topological polar surface area (TPSA) is 142 Å². The van der Waals surface area contributed by atoms with E-state index in [1.54, 1.807) is 53.4 Å². The Hall–Kier alpha value is -2.99. The Morgan fingerprint density at radius 3 is 2.38 bits per heavy atom. The molecule has 0 bridgehead atoms. The lowest BCUT2D eigenvalue weighted by molar-refractivity contribution is -0.150. The van der Waals surface area contributed by atoms with Crippen molar-refractivity contribution in [1.82, 2.24) is 19.8 Å². The van der Waals surface area contributed by atoms with Gasteiger partial charge in [0.15, 0.2) is 0 Å². The van der Waals surface area contributed by atoms with E-state index in [4.69, 9.17) is 17.3 Å². The Balaban J connectivity index is 1.45. The maximum atomic E-state index is 13.6. The first-order chi connectivity index (χ1) is 19.2. The normalized spacial score (nSPS) is 18.1. The highest BCUT2D eigenvalue weighted by molar-refractivity contribution is 7.88. The number of nitrogens with one attached hydrogen (secondary N) is 2. The predicted molar refractivity (Wildman–Crippen MR) is 152 cm³/mol. The van der Waals surface area contributed by atoms with Crippen molar-refractivity contribution in [3.05, 3.63) is 70.2 Å². The lowest BCUT2D eigenvalue weighted by Crippen LogP contribution is -2.63. The number of nitrogens with zero attached hydrogens (tertiary/aromatic N) is 2. The molecular weight excluding hydrogens is 554 g/mol. The summed E-state index contributed by atoms with van der Waals surface area (Å²) in [7, 11) is -3.96. The van der Waals surface area contributed by atoms with Crippen LogP contribution in [0.2, 0.25) is 5.02 Å². The van der Waals surface area contributed by atoms with Gasteiger partial charge in [-0.2, -0.15) is 0 Å². The molecule has 2 fully saturated rings.